The number of hydrogen-bond donors (Lipinski definition) is 1. The minimum Gasteiger partial charge on any atom is -0.336 e. The van der Waals surface area contributed by atoms with Crippen LogP contribution < -0.4 is 5.32 Å². The Labute approximate surface area is 185 Å². The number of nitrogens with zero attached hydrogens (tertiary/aromatic N) is 2. The summed E-state index contributed by atoms with van der Waals surface area (Å²) in [6.07, 6.45) is 3.24. The normalized spacial score (nSPS) is 14.1. The Kier molecular flexibility index (Phi) is 7.13. The molecule has 0 spiro atoms. The van der Waals surface area contributed by atoms with E-state index in [0.29, 0.717) is 47.5 Å². The molecular formula is C22H21Cl2N3O3. The Bertz CT molecular complexity index is 961. The molecule has 3 rings (SSSR count). The first-order chi connectivity index (χ1) is 14.3. The molecule has 1 saturated heterocycles. The van der Waals surface area contributed by atoms with Gasteiger partial charge in [0, 0.05) is 60.5 Å². The van der Waals surface area contributed by atoms with Gasteiger partial charge in [-0.1, -0.05) is 35.3 Å². The monoisotopic (exact) mass is 445 g/mol. The van der Waals surface area contributed by atoms with Crippen LogP contribution in [0.1, 0.15) is 22.8 Å². The van der Waals surface area contributed by atoms with Crippen molar-refractivity contribution < 1.29 is 14.4 Å². The van der Waals surface area contributed by atoms with Crippen LogP contribution in [0, 0.1) is 0 Å². The Balaban J connectivity index is 1.54. The van der Waals surface area contributed by atoms with E-state index >= 15 is 0 Å². The zero-order valence-corrected chi connectivity index (χ0v) is 17.9. The second kappa shape index (κ2) is 9.78. The molecule has 1 aliphatic rings. The summed E-state index contributed by atoms with van der Waals surface area (Å²) >= 11 is 12.0. The number of carbonyl (C=O) groups excluding carboxylic acids is 3. The molecule has 2 aromatic rings. The summed E-state index contributed by atoms with van der Waals surface area (Å²) in [4.78, 5) is 39.6. The van der Waals surface area contributed by atoms with Gasteiger partial charge in [-0.15, -0.1) is 0 Å². The van der Waals surface area contributed by atoms with Crippen molar-refractivity contribution in [3.05, 3.63) is 69.7 Å². The third-order valence-electron chi connectivity index (χ3n) is 4.64. The number of piperazine rings is 1. The quantitative estimate of drug-likeness (QED) is 0.724. The third kappa shape index (κ3) is 5.84. The molecule has 156 valence electrons. The number of carbonyl (C=O) groups is 3. The van der Waals surface area contributed by atoms with Crippen molar-refractivity contribution in [2.75, 3.05) is 31.5 Å². The van der Waals surface area contributed by atoms with E-state index in [1.165, 1.54) is 13.0 Å². The summed E-state index contributed by atoms with van der Waals surface area (Å²) in [6.45, 7) is 3.22. The van der Waals surface area contributed by atoms with Crippen LogP contribution in [0.4, 0.5) is 5.69 Å². The van der Waals surface area contributed by atoms with E-state index < -0.39 is 0 Å². The first kappa shape index (κ1) is 21.9. The van der Waals surface area contributed by atoms with Crippen molar-refractivity contribution in [1.82, 2.24) is 9.80 Å². The predicted molar refractivity (Wildman–Crippen MR) is 119 cm³/mol. The highest BCUT2D eigenvalue weighted by atomic mass is 35.5. The fourth-order valence-electron chi connectivity index (χ4n) is 3.14. The smallest absolute Gasteiger partial charge is 0.254 e. The lowest BCUT2D eigenvalue weighted by atomic mass is 10.1. The Morgan fingerprint density at radius 1 is 0.900 bits per heavy atom. The predicted octanol–water partition coefficient (Wildman–Crippen LogP) is 3.95. The average molecular weight is 446 g/mol. The Hall–Kier alpha value is -2.83. The fraction of sp³-hybridized carbons (Fsp3) is 0.227. The third-order valence-corrected chi connectivity index (χ3v) is 5.07. The summed E-state index contributed by atoms with van der Waals surface area (Å²) < 4.78 is 0. The number of benzene rings is 2. The standard InChI is InChI=1S/C22H21Cl2N3O3/c1-15(28)25-20-5-2-16(3-6-20)4-7-21(29)26-8-10-27(11-9-26)22(30)17-12-18(23)14-19(24)13-17/h2-7,12-14H,8-11H2,1H3,(H,25,28)/b7-4+. The molecule has 1 aliphatic heterocycles. The van der Waals surface area contributed by atoms with Gasteiger partial charge in [0.25, 0.3) is 5.91 Å². The number of nitrogens with one attached hydrogen (secondary N) is 1. The summed E-state index contributed by atoms with van der Waals surface area (Å²) in [6, 6.07) is 12.0. The minimum absolute atomic E-state index is 0.112. The van der Waals surface area contributed by atoms with Crippen molar-refractivity contribution in [2.24, 2.45) is 0 Å². The van der Waals surface area contributed by atoms with Crippen molar-refractivity contribution in [2.45, 2.75) is 6.92 Å². The molecule has 0 aromatic heterocycles. The zero-order chi connectivity index (χ0) is 21.7. The van der Waals surface area contributed by atoms with E-state index in [1.54, 1.807) is 46.2 Å². The van der Waals surface area contributed by atoms with E-state index in [-0.39, 0.29) is 17.7 Å². The topological polar surface area (TPSA) is 69.7 Å². The molecule has 2 aromatic carbocycles. The van der Waals surface area contributed by atoms with Crippen LogP contribution in [0.5, 0.6) is 0 Å². The van der Waals surface area contributed by atoms with Crippen molar-refractivity contribution in [3.8, 4) is 0 Å². The molecule has 0 atom stereocenters. The maximum atomic E-state index is 12.7. The lowest BCUT2D eigenvalue weighted by Gasteiger charge is -2.34. The van der Waals surface area contributed by atoms with Gasteiger partial charge in [-0.2, -0.15) is 0 Å². The highest BCUT2D eigenvalue weighted by Crippen LogP contribution is 2.21. The summed E-state index contributed by atoms with van der Waals surface area (Å²) in [5.74, 6) is -0.398. The van der Waals surface area contributed by atoms with E-state index in [9.17, 15) is 14.4 Å². The van der Waals surface area contributed by atoms with Crippen molar-refractivity contribution in [1.29, 1.82) is 0 Å². The molecule has 6 nitrogen and oxygen atoms in total. The number of rotatable bonds is 4. The van der Waals surface area contributed by atoms with Crippen LogP contribution in [-0.4, -0.2) is 53.7 Å². The van der Waals surface area contributed by atoms with E-state index in [1.807, 2.05) is 12.1 Å². The molecule has 3 amide bonds. The number of halogens is 2. The fourth-order valence-corrected chi connectivity index (χ4v) is 3.67. The van der Waals surface area contributed by atoms with Gasteiger partial charge in [-0.25, -0.2) is 0 Å². The highest BCUT2D eigenvalue weighted by Gasteiger charge is 2.24. The minimum atomic E-state index is -0.152. The van der Waals surface area contributed by atoms with Gasteiger partial charge in [-0.05, 0) is 42.0 Å². The maximum absolute atomic E-state index is 12.7. The van der Waals surface area contributed by atoms with Crippen LogP contribution in [0.25, 0.3) is 6.08 Å². The Morgan fingerprint density at radius 2 is 1.47 bits per heavy atom. The molecule has 1 fully saturated rings. The second-order valence-corrected chi connectivity index (χ2v) is 7.79. The molecule has 0 bridgehead atoms. The van der Waals surface area contributed by atoms with Gasteiger partial charge in [0.2, 0.25) is 11.8 Å². The first-order valence-corrected chi connectivity index (χ1v) is 10.2. The van der Waals surface area contributed by atoms with E-state index in [2.05, 4.69) is 5.32 Å². The molecule has 0 radical (unpaired) electrons. The van der Waals surface area contributed by atoms with E-state index in [4.69, 9.17) is 23.2 Å². The second-order valence-electron chi connectivity index (χ2n) is 6.91. The summed E-state index contributed by atoms with van der Waals surface area (Å²) in [7, 11) is 0. The van der Waals surface area contributed by atoms with Gasteiger partial charge < -0.3 is 15.1 Å². The molecule has 8 heteroatoms. The number of amides is 3. The lowest BCUT2D eigenvalue weighted by molar-refractivity contribution is -0.127. The first-order valence-electron chi connectivity index (χ1n) is 9.42. The molecule has 30 heavy (non-hydrogen) atoms. The molecule has 1 heterocycles. The number of anilines is 1. The maximum Gasteiger partial charge on any atom is 0.254 e. The van der Waals surface area contributed by atoms with Crippen LogP contribution >= 0.6 is 23.2 Å². The van der Waals surface area contributed by atoms with Crippen molar-refractivity contribution >= 4 is 52.7 Å². The zero-order valence-electron chi connectivity index (χ0n) is 16.4. The van der Waals surface area contributed by atoms with Gasteiger partial charge >= 0.3 is 0 Å². The highest BCUT2D eigenvalue weighted by molar-refractivity contribution is 6.35. The van der Waals surface area contributed by atoms with Gasteiger partial charge in [0.1, 0.15) is 0 Å². The van der Waals surface area contributed by atoms with Crippen molar-refractivity contribution in [3.63, 3.8) is 0 Å². The molecule has 0 aliphatic carbocycles. The summed E-state index contributed by atoms with van der Waals surface area (Å²) in [5.41, 5.74) is 1.99. The van der Waals surface area contributed by atoms with Crippen LogP contribution in [0.2, 0.25) is 10.0 Å². The lowest BCUT2D eigenvalue weighted by Crippen LogP contribution is -2.50. The average Bonchev–Trinajstić information content (AvgIpc) is 2.71. The van der Waals surface area contributed by atoms with E-state index in [0.717, 1.165) is 5.56 Å². The van der Waals surface area contributed by atoms with Gasteiger partial charge in [-0.3, -0.25) is 14.4 Å². The molecule has 1 N–H and O–H groups in total. The summed E-state index contributed by atoms with van der Waals surface area (Å²) in [5, 5.41) is 3.52. The molecular weight excluding hydrogens is 425 g/mol. The SMILES string of the molecule is CC(=O)Nc1ccc(/C=C/C(=O)N2CCN(C(=O)c3cc(Cl)cc(Cl)c3)CC2)cc1. The van der Waals surface area contributed by atoms with Gasteiger partial charge in [0.15, 0.2) is 0 Å². The van der Waals surface area contributed by atoms with Crippen LogP contribution in [0.15, 0.2) is 48.5 Å². The van der Waals surface area contributed by atoms with Crippen LogP contribution in [0.3, 0.4) is 0 Å². The Morgan fingerprint density at radius 3 is 2.03 bits per heavy atom. The molecule has 0 unspecified atom stereocenters. The van der Waals surface area contributed by atoms with Gasteiger partial charge in [0.05, 0.1) is 0 Å². The molecule has 0 saturated carbocycles. The van der Waals surface area contributed by atoms with Crippen LogP contribution in [-0.2, 0) is 9.59 Å². The number of hydrogen-bond acceptors (Lipinski definition) is 3. The largest absolute Gasteiger partial charge is 0.336 e.